The van der Waals surface area contributed by atoms with Crippen LogP contribution in [-0.2, 0) is 4.79 Å². The van der Waals surface area contributed by atoms with Crippen LogP contribution >= 0.6 is 0 Å². The van der Waals surface area contributed by atoms with Crippen molar-refractivity contribution in [2.24, 2.45) is 0 Å². The Hall–Kier alpha value is -1.71. The van der Waals surface area contributed by atoms with Gasteiger partial charge in [-0.3, -0.25) is 4.79 Å². The fourth-order valence-electron chi connectivity index (χ4n) is 1.38. The summed E-state index contributed by atoms with van der Waals surface area (Å²) in [6.07, 6.45) is 1.45. The highest BCUT2D eigenvalue weighted by molar-refractivity contribution is 5.88. The maximum Gasteiger partial charge on any atom is 0.244 e. The molecular formula is C13H15F2NO. The van der Waals surface area contributed by atoms with Crippen LogP contribution in [0.3, 0.4) is 0 Å². The number of hydrogen-bond donors (Lipinski definition) is 1. The maximum absolute atomic E-state index is 13.0. The SMILES string of the molecule is CC(C)=CC(=O)NC(C)c1ccc(F)c(F)c1. The van der Waals surface area contributed by atoms with E-state index in [-0.39, 0.29) is 11.9 Å². The molecule has 1 atom stereocenters. The lowest BCUT2D eigenvalue weighted by molar-refractivity contribution is -0.117. The molecule has 0 aliphatic heterocycles. The highest BCUT2D eigenvalue weighted by Crippen LogP contribution is 2.15. The number of allylic oxidation sites excluding steroid dienone is 1. The average molecular weight is 239 g/mol. The molecule has 1 aromatic rings. The van der Waals surface area contributed by atoms with Crippen molar-refractivity contribution in [3.8, 4) is 0 Å². The summed E-state index contributed by atoms with van der Waals surface area (Å²) < 4.78 is 25.7. The van der Waals surface area contributed by atoms with Crippen molar-refractivity contribution in [1.82, 2.24) is 5.32 Å². The van der Waals surface area contributed by atoms with Crippen molar-refractivity contribution in [3.05, 3.63) is 47.0 Å². The summed E-state index contributed by atoms with van der Waals surface area (Å²) in [6.45, 7) is 5.33. The van der Waals surface area contributed by atoms with Gasteiger partial charge in [0.1, 0.15) is 0 Å². The molecule has 0 aromatic heterocycles. The van der Waals surface area contributed by atoms with E-state index in [0.717, 1.165) is 17.7 Å². The van der Waals surface area contributed by atoms with Gasteiger partial charge in [-0.25, -0.2) is 8.78 Å². The zero-order valence-electron chi connectivity index (χ0n) is 10.1. The van der Waals surface area contributed by atoms with Crippen molar-refractivity contribution >= 4 is 5.91 Å². The van der Waals surface area contributed by atoms with Crippen LogP contribution in [-0.4, -0.2) is 5.91 Å². The average Bonchev–Trinajstić information content (AvgIpc) is 2.20. The monoisotopic (exact) mass is 239 g/mol. The minimum atomic E-state index is -0.911. The quantitative estimate of drug-likeness (QED) is 0.807. The Labute approximate surface area is 99.3 Å². The van der Waals surface area contributed by atoms with E-state index < -0.39 is 11.6 Å². The van der Waals surface area contributed by atoms with Crippen LogP contribution in [0.25, 0.3) is 0 Å². The number of carbonyl (C=O) groups excluding carboxylic acids is 1. The molecule has 1 amide bonds. The molecule has 0 fully saturated rings. The third kappa shape index (κ3) is 3.98. The zero-order chi connectivity index (χ0) is 13.0. The molecule has 1 unspecified atom stereocenters. The molecule has 0 spiro atoms. The van der Waals surface area contributed by atoms with E-state index in [1.165, 1.54) is 12.1 Å². The minimum Gasteiger partial charge on any atom is -0.346 e. The van der Waals surface area contributed by atoms with Crippen molar-refractivity contribution in [2.75, 3.05) is 0 Å². The molecule has 1 rings (SSSR count). The van der Waals surface area contributed by atoms with Gasteiger partial charge < -0.3 is 5.32 Å². The highest BCUT2D eigenvalue weighted by atomic mass is 19.2. The first kappa shape index (κ1) is 13.4. The van der Waals surface area contributed by atoms with Gasteiger partial charge in [0.05, 0.1) is 6.04 Å². The van der Waals surface area contributed by atoms with Crippen molar-refractivity contribution in [2.45, 2.75) is 26.8 Å². The second kappa shape index (κ2) is 5.57. The topological polar surface area (TPSA) is 29.1 Å². The van der Waals surface area contributed by atoms with E-state index in [9.17, 15) is 13.6 Å². The zero-order valence-corrected chi connectivity index (χ0v) is 10.1. The molecule has 0 radical (unpaired) electrons. The lowest BCUT2D eigenvalue weighted by atomic mass is 10.1. The lowest BCUT2D eigenvalue weighted by Gasteiger charge is -2.13. The van der Waals surface area contributed by atoms with Gasteiger partial charge in [-0.05, 0) is 38.5 Å². The number of nitrogens with one attached hydrogen (secondary N) is 1. The van der Waals surface area contributed by atoms with Crippen LogP contribution in [0, 0.1) is 11.6 Å². The van der Waals surface area contributed by atoms with Gasteiger partial charge in [-0.15, -0.1) is 0 Å². The fraction of sp³-hybridized carbons (Fsp3) is 0.308. The lowest BCUT2D eigenvalue weighted by Crippen LogP contribution is -2.25. The first-order chi connectivity index (χ1) is 7.90. The molecule has 0 saturated carbocycles. The van der Waals surface area contributed by atoms with E-state index >= 15 is 0 Å². The number of rotatable bonds is 3. The van der Waals surface area contributed by atoms with Gasteiger partial charge in [0.25, 0.3) is 0 Å². The molecular weight excluding hydrogens is 224 g/mol. The Morgan fingerprint density at radius 2 is 1.94 bits per heavy atom. The number of benzene rings is 1. The summed E-state index contributed by atoms with van der Waals surface area (Å²) in [4.78, 5) is 11.4. The van der Waals surface area contributed by atoms with Crippen LogP contribution in [0.15, 0.2) is 29.8 Å². The summed E-state index contributed by atoms with van der Waals surface area (Å²) in [6, 6.07) is 3.22. The van der Waals surface area contributed by atoms with Crippen LogP contribution in [0.1, 0.15) is 32.4 Å². The van der Waals surface area contributed by atoms with Crippen molar-refractivity contribution in [3.63, 3.8) is 0 Å². The van der Waals surface area contributed by atoms with Crippen molar-refractivity contribution < 1.29 is 13.6 Å². The Kier molecular flexibility index (Phi) is 4.37. The first-order valence-corrected chi connectivity index (χ1v) is 5.30. The minimum absolute atomic E-state index is 0.248. The number of hydrogen-bond acceptors (Lipinski definition) is 1. The van der Waals surface area contributed by atoms with E-state index in [2.05, 4.69) is 5.32 Å². The second-order valence-corrected chi connectivity index (χ2v) is 4.13. The van der Waals surface area contributed by atoms with Crippen LogP contribution < -0.4 is 5.32 Å². The van der Waals surface area contributed by atoms with Gasteiger partial charge in [0.2, 0.25) is 5.91 Å². The first-order valence-electron chi connectivity index (χ1n) is 5.30. The summed E-state index contributed by atoms with van der Waals surface area (Å²) in [5, 5.41) is 2.67. The Balaban J connectivity index is 2.76. The van der Waals surface area contributed by atoms with Crippen LogP contribution in [0.2, 0.25) is 0 Å². The van der Waals surface area contributed by atoms with E-state index in [1.807, 2.05) is 13.8 Å². The van der Waals surface area contributed by atoms with E-state index in [1.54, 1.807) is 6.92 Å². The Morgan fingerprint density at radius 1 is 1.29 bits per heavy atom. The summed E-state index contributed by atoms with van der Waals surface area (Å²) >= 11 is 0. The van der Waals surface area contributed by atoms with Crippen molar-refractivity contribution in [1.29, 1.82) is 0 Å². The molecule has 0 aliphatic carbocycles. The molecule has 0 saturated heterocycles. The van der Waals surface area contributed by atoms with E-state index in [4.69, 9.17) is 0 Å². The van der Waals surface area contributed by atoms with E-state index in [0.29, 0.717) is 5.56 Å². The summed E-state index contributed by atoms with van der Waals surface area (Å²) in [5.41, 5.74) is 1.40. The third-order valence-corrected chi connectivity index (χ3v) is 2.22. The number of carbonyl (C=O) groups is 1. The molecule has 0 bridgehead atoms. The Bertz CT molecular complexity index is 451. The molecule has 92 valence electrons. The van der Waals surface area contributed by atoms with Crippen LogP contribution in [0.4, 0.5) is 8.78 Å². The van der Waals surface area contributed by atoms with Gasteiger partial charge in [0.15, 0.2) is 11.6 Å². The molecule has 1 N–H and O–H groups in total. The highest BCUT2D eigenvalue weighted by Gasteiger charge is 2.10. The predicted molar refractivity (Wildman–Crippen MR) is 62.3 cm³/mol. The van der Waals surface area contributed by atoms with Gasteiger partial charge in [-0.1, -0.05) is 11.6 Å². The second-order valence-electron chi connectivity index (χ2n) is 4.13. The summed E-state index contributed by atoms with van der Waals surface area (Å²) in [5.74, 6) is -2.05. The largest absolute Gasteiger partial charge is 0.346 e. The number of halogens is 2. The fourth-order valence-corrected chi connectivity index (χ4v) is 1.38. The predicted octanol–water partition coefficient (Wildman–Crippen LogP) is 3.11. The molecule has 2 nitrogen and oxygen atoms in total. The molecule has 0 aliphatic rings. The Morgan fingerprint density at radius 3 is 2.47 bits per heavy atom. The van der Waals surface area contributed by atoms with Gasteiger partial charge in [0, 0.05) is 6.08 Å². The van der Waals surface area contributed by atoms with Gasteiger partial charge in [-0.2, -0.15) is 0 Å². The number of amides is 1. The molecule has 0 heterocycles. The van der Waals surface area contributed by atoms with Gasteiger partial charge >= 0.3 is 0 Å². The molecule has 4 heteroatoms. The summed E-state index contributed by atoms with van der Waals surface area (Å²) in [7, 11) is 0. The third-order valence-electron chi connectivity index (χ3n) is 2.22. The standard InChI is InChI=1S/C13H15F2NO/c1-8(2)6-13(17)16-9(3)10-4-5-11(14)12(15)7-10/h4-7,9H,1-3H3,(H,16,17). The molecule has 1 aromatic carbocycles. The smallest absolute Gasteiger partial charge is 0.244 e. The van der Waals surface area contributed by atoms with Crippen LogP contribution in [0.5, 0.6) is 0 Å². The normalized spacial score (nSPS) is 11.8. The molecule has 17 heavy (non-hydrogen) atoms. The maximum atomic E-state index is 13.0.